The number of nitro groups is 1. The van der Waals surface area contributed by atoms with E-state index in [4.69, 9.17) is 11.6 Å². The Morgan fingerprint density at radius 2 is 2.08 bits per heavy atom. The first-order chi connectivity index (χ1) is 11.9. The molecule has 1 aliphatic carbocycles. The Bertz CT molecular complexity index is 667. The number of carbonyl (C=O) groups excluding carboxylic acids is 2. The summed E-state index contributed by atoms with van der Waals surface area (Å²) < 4.78 is 0. The molecule has 136 valence electrons. The van der Waals surface area contributed by atoms with Crippen LogP contribution in [0.1, 0.15) is 36.0 Å². The fourth-order valence-corrected chi connectivity index (χ4v) is 3.16. The lowest BCUT2D eigenvalue weighted by atomic mass is 9.87. The highest BCUT2D eigenvalue weighted by atomic mass is 35.5. The maximum Gasteiger partial charge on any atom is 0.283 e. The first-order valence-electron chi connectivity index (χ1n) is 8.04. The second-order valence-corrected chi connectivity index (χ2v) is 6.47. The number of rotatable bonds is 6. The number of hydrogen-bond acceptors (Lipinski definition) is 5. The van der Waals surface area contributed by atoms with Crippen LogP contribution in [0.2, 0.25) is 5.02 Å². The van der Waals surface area contributed by atoms with Gasteiger partial charge >= 0.3 is 0 Å². The lowest BCUT2D eigenvalue weighted by Crippen LogP contribution is -2.40. The van der Waals surface area contributed by atoms with Gasteiger partial charge in [0.05, 0.1) is 22.6 Å². The third kappa shape index (κ3) is 5.40. The molecule has 0 aromatic heterocycles. The third-order valence-electron chi connectivity index (χ3n) is 4.17. The Labute approximate surface area is 149 Å². The molecule has 0 heterocycles. The maximum atomic E-state index is 12.1. The number of nitrogens with one attached hydrogen (secondary N) is 2. The topological polar surface area (TPSA) is 122 Å². The minimum absolute atomic E-state index is 0.0525. The zero-order valence-corrected chi connectivity index (χ0v) is 14.3. The van der Waals surface area contributed by atoms with Gasteiger partial charge in [0, 0.05) is 12.6 Å². The molecule has 1 saturated carbocycles. The normalized spacial score (nSPS) is 19.9. The van der Waals surface area contributed by atoms with E-state index in [1.165, 1.54) is 18.2 Å². The van der Waals surface area contributed by atoms with Gasteiger partial charge < -0.3 is 15.7 Å². The first kappa shape index (κ1) is 19.1. The number of hydrogen-bond donors (Lipinski definition) is 3. The summed E-state index contributed by atoms with van der Waals surface area (Å²) in [5.41, 5.74) is -0.682. The third-order valence-corrected chi connectivity index (χ3v) is 4.48. The molecule has 1 aliphatic rings. The van der Waals surface area contributed by atoms with Crippen molar-refractivity contribution in [3.63, 3.8) is 0 Å². The van der Waals surface area contributed by atoms with Crippen LogP contribution in [0.15, 0.2) is 18.2 Å². The van der Waals surface area contributed by atoms with Gasteiger partial charge in [-0.2, -0.15) is 0 Å². The lowest BCUT2D eigenvalue weighted by Gasteiger charge is -2.25. The molecule has 1 fully saturated rings. The van der Waals surface area contributed by atoms with Crippen LogP contribution in [-0.4, -0.2) is 41.0 Å². The number of nitrogens with zero attached hydrogens (tertiary/aromatic N) is 1. The zero-order chi connectivity index (χ0) is 18.4. The van der Waals surface area contributed by atoms with Crippen molar-refractivity contribution in [3.05, 3.63) is 38.9 Å². The van der Waals surface area contributed by atoms with E-state index in [-0.39, 0.29) is 29.2 Å². The molecule has 1 aromatic rings. The predicted octanol–water partition coefficient (Wildman–Crippen LogP) is 1.65. The molecule has 0 radical (unpaired) electrons. The van der Waals surface area contributed by atoms with Gasteiger partial charge in [0.2, 0.25) is 5.91 Å². The molecule has 2 rings (SSSR count). The number of carbonyl (C=O) groups is 2. The van der Waals surface area contributed by atoms with Gasteiger partial charge in [-0.1, -0.05) is 24.1 Å². The van der Waals surface area contributed by atoms with Crippen molar-refractivity contribution in [1.29, 1.82) is 0 Å². The van der Waals surface area contributed by atoms with Crippen LogP contribution in [0.5, 0.6) is 0 Å². The molecule has 0 aliphatic heterocycles. The number of aliphatic hydroxyl groups is 1. The Morgan fingerprint density at radius 1 is 1.32 bits per heavy atom. The van der Waals surface area contributed by atoms with Crippen LogP contribution in [0.25, 0.3) is 0 Å². The van der Waals surface area contributed by atoms with Crippen LogP contribution >= 0.6 is 11.6 Å². The van der Waals surface area contributed by atoms with Crippen molar-refractivity contribution in [3.8, 4) is 0 Å². The van der Waals surface area contributed by atoms with Crippen molar-refractivity contribution in [2.75, 3.05) is 13.1 Å². The monoisotopic (exact) mass is 369 g/mol. The number of nitro benzene ring substituents is 1. The standard InChI is InChI=1S/C16H20ClN3O5/c17-12-5-2-6-13(20(24)25)15(12)16(23)19-9-14(22)18-8-10-3-1-4-11(21)7-10/h2,5-6,10-11,21H,1,3-4,7-9H2,(H,18,22)(H,19,23)/t10-,11+/m0/s1. The number of halogens is 1. The molecule has 1 aromatic carbocycles. The summed E-state index contributed by atoms with van der Waals surface area (Å²) in [6.07, 6.45) is 2.98. The van der Waals surface area contributed by atoms with E-state index in [1.807, 2.05) is 0 Å². The molecular weight excluding hydrogens is 350 g/mol. The zero-order valence-electron chi connectivity index (χ0n) is 13.5. The van der Waals surface area contributed by atoms with Crippen LogP contribution < -0.4 is 10.6 Å². The van der Waals surface area contributed by atoms with E-state index in [0.29, 0.717) is 13.0 Å². The van der Waals surface area contributed by atoms with E-state index in [2.05, 4.69) is 10.6 Å². The smallest absolute Gasteiger partial charge is 0.283 e. The number of aliphatic hydroxyl groups excluding tert-OH is 1. The van der Waals surface area contributed by atoms with Crippen LogP contribution in [-0.2, 0) is 4.79 Å². The summed E-state index contributed by atoms with van der Waals surface area (Å²) in [5, 5.41) is 25.6. The van der Waals surface area contributed by atoms with Gasteiger partial charge in [0.25, 0.3) is 11.6 Å². The second-order valence-electron chi connectivity index (χ2n) is 6.06. The molecular formula is C16H20ClN3O5. The predicted molar refractivity (Wildman–Crippen MR) is 91.4 cm³/mol. The Morgan fingerprint density at radius 3 is 2.76 bits per heavy atom. The van der Waals surface area contributed by atoms with Crippen LogP contribution in [0.4, 0.5) is 5.69 Å². The Balaban J connectivity index is 1.85. The van der Waals surface area contributed by atoms with Gasteiger partial charge in [0.1, 0.15) is 5.56 Å². The van der Waals surface area contributed by atoms with E-state index in [1.54, 1.807) is 0 Å². The summed E-state index contributed by atoms with van der Waals surface area (Å²) in [4.78, 5) is 34.3. The maximum absolute atomic E-state index is 12.1. The second kappa shape index (κ2) is 8.77. The summed E-state index contributed by atoms with van der Waals surface area (Å²) in [6, 6.07) is 3.93. The summed E-state index contributed by atoms with van der Waals surface area (Å²) in [5.74, 6) is -0.961. The van der Waals surface area contributed by atoms with Crippen molar-refractivity contribution in [2.24, 2.45) is 5.92 Å². The fourth-order valence-electron chi connectivity index (χ4n) is 2.91. The van der Waals surface area contributed by atoms with Gasteiger partial charge in [-0.3, -0.25) is 19.7 Å². The molecule has 2 amide bonds. The van der Waals surface area contributed by atoms with Crippen molar-refractivity contribution < 1.29 is 19.6 Å². The molecule has 9 heteroatoms. The van der Waals surface area contributed by atoms with E-state index >= 15 is 0 Å². The molecule has 0 unspecified atom stereocenters. The van der Waals surface area contributed by atoms with Crippen LogP contribution in [0.3, 0.4) is 0 Å². The number of amides is 2. The van der Waals surface area contributed by atoms with Crippen molar-refractivity contribution in [2.45, 2.75) is 31.8 Å². The summed E-state index contributed by atoms with van der Waals surface area (Å²) >= 11 is 5.87. The lowest BCUT2D eigenvalue weighted by molar-refractivity contribution is -0.385. The van der Waals surface area contributed by atoms with Crippen molar-refractivity contribution in [1.82, 2.24) is 10.6 Å². The quantitative estimate of drug-likeness (QED) is 0.520. The molecule has 0 spiro atoms. The molecule has 8 nitrogen and oxygen atoms in total. The average molecular weight is 370 g/mol. The fraction of sp³-hybridized carbons (Fsp3) is 0.500. The largest absolute Gasteiger partial charge is 0.393 e. The summed E-state index contributed by atoms with van der Waals surface area (Å²) in [7, 11) is 0. The first-order valence-corrected chi connectivity index (χ1v) is 8.42. The highest BCUT2D eigenvalue weighted by Gasteiger charge is 2.24. The highest BCUT2D eigenvalue weighted by molar-refractivity contribution is 6.34. The van der Waals surface area contributed by atoms with E-state index in [0.717, 1.165) is 19.3 Å². The Hall–Kier alpha value is -2.19. The average Bonchev–Trinajstić information content (AvgIpc) is 2.57. The van der Waals surface area contributed by atoms with Gasteiger partial charge in [0.15, 0.2) is 0 Å². The Kier molecular flexibility index (Phi) is 6.72. The number of benzene rings is 1. The van der Waals surface area contributed by atoms with Crippen LogP contribution in [0, 0.1) is 16.0 Å². The van der Waals surface area contributed by atoms with E-state index < -0.39 is 22.4 Å². The molecule has 25 heavy (non-hydrogen) atoms. The highest BCUT2D eigenvalue weighted by Crippen LogP contribution is 2.26. The minimum atomic E-state index is -0.777. The SMILES string of the molecule is O=C(CNC(=O)c1c(Cl)cccc1[N+](=O)[O-])NC[C@H]1CCC[C@@H](O)C1. The molecule has 0 bridgehead atoms. The van der Waals surface area contributed by atoms with E-state index in [9.17, 15) is 24.8 Å². The van der Waals surface area contributed by atoms with Gasteiger partial charge in [-0.15, -0.1) is 0 Å². The molecule has 2 atom stereocenters. The molecule has 0 saturated heterocycles. The van der Waals surface area contributed by atoms with Crippen molar-refractivity contribution >= 4 is 29.1 Å². The molecule has 3 N–H and O–H groups in total. The van der Waals surface area contributed by atoms with Gasteiger partial charge in [-0.25, -0.2) is 0 Å². The summed E-state index contributed by atoms with van der Waals surface area (Å²) in [6.45, 7) is 0.120. The minimum Gasteiger partial charge on any atom is -0.393 e. The van der Waals surface area contributed by atoms with Gasteiger partial charge in [-0.05, 0) is 31.2 Å².